The fourth-order valence-electron chi connectivity index (χ4n) is 3.28. The zero-order valence-corrected chi connectivity index (χ0v) is 16.1. The molecule has 0 aliphatic carbocycles. The molecular weight excluding hydrogens is 336 g/mol. The van der Waals surface area contributed by atoms with Crippen LogP contribution in [0.4, 0.5) is 11.5 Å². The largest absolute Gasteiger partial charge is 0.370 e. The maximum Gasteiger partial charge on any atom is 0.191 e. The molecule has 6 nitrogen and oxygen atoms in total. The predicted molar refractivity (Wildman–Crippen MR) is 114 cm³/mol. The minimum absolute atomic E-state index is 0.433. The summed E-state index contributed by atoms with van der Waals surface area (Å²) >= 11 is 0. The van der Waals surface area contributed by atoms with Crippen LogP contribution in [0.1, 0.15) is 19.3 Å². The number of aromatic nitrogens is 1. The molecule has 1 aromatic heterocycles. The van der Waals surface area contributed by atoms with Crippen molar-refractivity contribution in [1.29, 1.82) is 0 Å². The monoisotopic (exact) mass is 366 g/mol. The summed E-state index contributed by atoms with van der Waals surface area (Å²) in [6.07, 6.45) is 5.11. The molecule has 0 spiro atoms. The number of unbranched alkanes of at least 4 members (excludes halogenated alkanes) is 1. The zero-order valence-electron chi connectivity index (χ0n) is 16.1. The summed E-state index contributed by atoms with van der Waals surface area (Å²) in [4.78, 5) is 11.1. The minimum atomic E-state index is 0.433. The molecule has 144 valence electrons. The van der Waals surface area contributed by atoms with Crippen LogP contribution in [0.3, 0.4) is 0 Å². The molecule has 0 saturated carbocycles. The van der Waals surface area contributed by atoms with Gasteiger partial charge in [0.25, 0.3) is 0 Å². The first kappa shape index (κ1) is 19.0. The van der Waals surface area contributed by atoms with Crippen molar-refractivity contribution in [3.8, 4) is 0 Å². The number of hydrogen-bond donors (Lipinski definition) is 3. The molecule has 0 radical (unpaired) electrons. The van der Waals surface area contributed by atoms with Crippen LogP contribution in [0.5, 0.6) is 0 Å². The van der Waals surface area contributed by atoms with Crippen molar-refractivity contribution < 1.29 is 0 Å². The zero-order chi connectivity index (χ0) is 18.7. The van der Waals surface area contributed by atoms with Crippen LogP contribution in [-0.2, 0) is 0 Å². The van der Waals surface area contributed by atoms with E-state index in [0.717, 1.165) is 57.2 Å². The molecule has 1 aliphatic rings. The highest BCUT2D eigenvalue weighted by Crippen LogP contribution is 2.19. The van der Waals surface area contributed by atoms with Crippen LogP contribution >= 0.6 is 0 Å². The van der Waals surface area contributed by atoms with Crippen molar-refractivity contribution in [1.82, 2.24) is 15.6 Å². The Morgan fingerprint density at radius 1 is 1.11 bits per heavy atom. The Kier molecular flexibility index (Phi) is 7.33. The van der Waals surface area contributed by atoms with Crippen molar-refractivity contribution in [2.45, 2.75) is 25.3 Å². The normalized spacial score (nSPS) is 17.0. The molecule has 1 aromatic carbocycles. The van der Waals surface area contributed by atoms with Gasteiger partial charge >= 0.3 is 0 Å². The first-order valence-electron chi connectivity index (χ1n) is 9.77. The number of anilines is 2. The van der Waals surface area contributed by atoms with Gasteiger partial charge in [0.05, 0.1) is 0 Å². The third-order valence-corrected chi connectivity index (χ3v) is 4.74. The molecule has 1 unspecified atom stereocenters. The summed E-state index contributed by atoms with van der Waals surface area (Å²) in [6, 6.07) is 17.0. The van der Waals surface area contributed by atoms with Gasteiger partial charge < -0.3 is 20.9 Å². The number of hydrogen-bond acceptors (Lipinski definition) is 4. The highest BCUT2D eigenvalue weighted by Gasteiger charge is 2.23. The van der Waals surface area contributed by atoms with Gasteiger partial charge in [-0.2, -0.15) is 0 Å². The molecule has 0 amide bonds. The molecule has 6 heteroatoms. The Hall–Kier alpha value is -2.76. The maximum atomic E-state index is 4.36. The molecule has 1 saturated heterocycles. The summed E-state index contributed by atoms with van der Waals surface area (Å²) in [6.45, 7) is 3.94. The van der Waals surface area contributed by atoms with Gasteiger partial charge in [-0.25, -0.2) is 4.98 Å². The molecule has 3 N–H and O–H groups in total. The lowest BCUT2D eigenvalue weighted by Crippen LogP contribution is -2.44. The van der Waals surface area contributed by atoms with Crippen molar-refractivity contribution >= 4 is 17.5 Å². The number of aliphatic imine (C=N–C) groups is 1. The molecular formula is C21H30N6. The highest BCUT2D eigenvalue weighted by molar-refractivity contribution is 5.80. The van der Waals surface area contributed by atoms with E-state index in [1.807, 2.05) is 31.4 Å². The third kappa shape index (κ3) is 6.16. The number of para-hydroxylation sites is 1. The number of pyridine rings is 1. The molecule has 2 heterocycles. The second-order valence-electron chi connectivity index (χ2n) is 6.76. The Bertz CT molecular complexity index is 688. The van der Waals surface area contributed by atoms with E-state index in [1.54, 1.807) is 0 Å². The van der Waals surface area contributed by atoms with Crippen LogP contribution in [0, 0.1) is 0 Å². The lowest BCUT2D eigenvalue weighted by molar-refractivity contribution is 0.639. The van der Waals surface area contributed by atoms with Crippen molar-refractivity contribution in [2.75, 3.05) is 43.4 Å². The van der Waals surface area contributed by atoms with E-state index in [9.17, 15) is 0 Å². The van der Waals surface area contributed by atoms with Crippen molar-refractivity contribution in [3.05, 3.63) is 54.7 Å². The van der Waals surface area contributed by atoms with Gasteiger partial charge in [-0.1, -0.05) is 24.3 Å². The van der Waals surface area contributed by atoms with E-state index >= 15 is 0 Å². The standard InChI is InChI=1S/C21H30N6/c1-22-21(25-15-8-7-14-24-20-11-5-6-13-23-20)26-18-12-16-27(17-18)19-9-3-2-4-10-19/h2-6,9-11,13,18H,7-8,12,14-17H2,1H3,(H,23,24)(H2,22,25,26). The van der Waals surface area contributed by atoms with Crippen LogP contribution in [-0.4, -0.2) is 50.2 Å². The fraction of sp³-hybridized carbons (Fsp3) is 0.429. The number of guanidine groups is 1. The van der Waals surface area contributed by atoms with Crippen molar-refractivity contribution in [2.24, 2.45) is 4.99 Å². The summed E-state index contributed by atoms with van der Waals surface area (Å²) in [5.74, 6) is 1.83. The van der Waals surface area contributed by atoms with Crippen LogP contribution in [0.25, 0.3) is 0 Å². The molecule has 0 bridgehead atoms. The van der Waals surface area contributed by atoms with Gasteiger partial charge in [-0.05, 0) is 43.5 Å². The third-order valence-electron chi connectivity index (χ3n) is 4.74. The van der Waals surface area contributed by atoms with Crippen LogP contribution < -0.4 is 20.9 Å². The van der Waals surface area contributed by atoms with Crippen LogP contribution in [0.2, 0.25) is 0 Å². The number of benzene rings is 1. The van der Waals surface area contributed by atoms with E-state index in [2.05, 4.69) is 61.2 Å². The lowest BCUT2D eigenvalue weighted by atomic mass is 10.2. The van der Waals surface area contributed by atoms with Gasteiger partial charge in [-0.15, -0.1) is 0 Å². The molecule has 2 aromatic rings. The Labute approximate surface area is 162 Å². The summed E-state index contributed by atoms with van der Waals surface area (Å²) in [5, 5.41) is 10.3. The second kappa shape index (κ2) is 10.4. The molecule has 1 atom stereocenters. The predicted octanol–water partition coefficient (Wildman–Crippen LogP) is 2.72. The Balaban J connectivity index is 1.30. The van der Waals surface area contributed by atoms with Gasteiger partial charge in [0.1, 0.15) is 5.82 Å². The Morgan fingerprint density at radius 2 is 1.93 bits per heavy atom. The topological polar surface area (TPSA) is 64.6 Å². The van der Waals surface area contributed by atoms with Crippen molar-refractivity contribution in [3.63, 3.8) is 0 Å². The molecule has 1 fully saturated rings. The number of nitrogens with one attached hydrogen (secondary N) is 3. The minimum Gasteiger partial charge on any atom is -0.370 e. The fourth-order valence-corrected chi connectivity index (χ4v) is 3.28. The number of nitrogens with zero attached hydrogens (tertiary/aromatic N) is 3. The summed E-state index contributed by atoms with van der Waals surface area (Å²) in [5.41, 5.74) is 1.30. The smallest absolute Gasteiger partial charge is 0.191 e. The van der Waals surface area contributed by atoms with E-state index in [-0.39, 0.29) is 0 Å². The second-order valence-corrected chi connectivity index (χ2v) is 6.76. The van der Waals surface area contributed by atoms with E-state index in [4.69, 9.17) is 0 Å². The van der Waals surface area contributed by atoms with E-state index < -0.39 is 0 Å². The quantitative estimate of drug-likeness (QED) is 0.381. The van der Waals surface area contributed by atoms with Crippen LogP contribution in [0.15, 0.2) is 59.7 Å². The maximum absolute atomic E-state index is 4.36. The van der Waals surface area contributed by atoms with Gasteiger partial charge in [0.15, 0.2) is 5.96 Å². The molecule has 3 rings (SSSR count). The average Bonchev–Trinajstić information content (AvgIpc) is 3.19. The van der Waals surface area contributed by atoms with Gasteiger partial charge in [0, 0.05) is 51.2 Å². The Morgan fingerprint density at radius 3 is 2.70 bits per heavy atom. The van der Waals surface area contributed by atoms with Gasteiger partial charge in [-0.3, -0.25) is 4.99 Å². The lowest BCUT2D eigenvalue weighted by Gasteiger charge is -2.20. The van der Waals surface area contributed by atoms with E-state index in [1.165, 1.54) is 5.69 Å². The molecule has 27 heavy (non-hydrogen) atoms. The van der Waals surface area contributed by atoms with E-state index in [0.29, 0.717) is 6.04 Å². The SMILES string of the molecule is CN=C(NCCCCNc1ccccn1)NC1CCN(c2ccccc2)C1. The van der Waals surface area contributed by atoms with Gasteiger partial charge in [0.2, 0.25) is 0 Å². The summed E-state index contributed by atoms with van der Waals surface area (Å²) in [7, 11) is 1.84. The molecule has 1 aliphatic heterocycles. The summed E-state index contributed by atoms with van der Waals surface area (Å²) < 4.78 is 0. The average molecular weight is 367 g/mol. The highest BCUT2D eigenvalue weighted by atomic mass is 15.2. The number of rotatable bonds is 8. The first-order valence-corrected chi connectivity index (χ1v) is 9.77. The first-order chi connectivity index (χ1) is 13.3.